The molecule has 112 valence electrons. The fourth-order valence-corrected chi connectivity index (χ4v) is 3.95. The van der Waals surface area contributed by atoms with Gasteiger partial charge in [0.05, 0.1) is 5.25 Å². The minimum atomic E-state index is -0.155. The molecule has 1 unspecified atom stereocenters. The highest BCUT2D eigenvalue weighted by Gasteiger charge is 2.27. The largest absolute Gasteiger partial charge is 0.317 e. The molecule has 1 aromatic rings. The zero-order valence-electron chi connectivity index (χ0n) is 11.9. The van der Waals surface area contributed by atoms with Gasteiger partial charge < -0.3 is 5.32 Å². The first kappa shape index (κ1) is 14.6. The number of rotatable bonds is 3. The maximum absolute atomic E-state index is 11.8. The van der Waals surface area contributed by atoms with E-state index in [9.17, 15) is 9.59 Å². The summed E-state index contributed by atoms with van der Waals surface area (Å²) in [7, 11) is 0. The van der Waals surface area contributed by atoms with Gasteiger partial charge in [-0.15, -0.1) is 11.8 Å². The fraction of sp³-hybridized carbons (Fsp3) is 0.500. The number of imide groups is 1. The van der Waals surface area contributed by atoms with Crippen molar-refractivity contribution in [1.29, 1.82) is 0 Å². The van der Waals surface area contributed by atoms with E-state index in [1.165, 1.54) is 18.4 Å². The van der Waals surface area contributed by atoms with Gasteiger partial charge in [0.2, 0.25) is 11.8 Å². The molecule has 2 fully saturated rings. The molecule has 4 nitrogen and oxygen atoms in total. The van der Waals surface area contributed by atoms with Crippen molar-refractivity contribution >= 4 is 23.6 Å². The minimum Gasteiger partial charge on any atom is -0.317 e. The molecule has 0 aromatic heterocycles. The van der Waals surface area contributed by atoms with E-state index in [2.05, 4.69) is 34.9 Å². The highest BCUT2D eigenvalue weighted by atomic mass is 32.2. The molecular formula is C16H20N2O2S. The Balaban J connectivity index is 1.61. The van der Waals surface area contributed by atoms with Crippen molar-refractivity contribution in [1.82, 2.24) is 10.6 Å². The van der Waals surface area contributed by atoms with E-state index < -0.39 is 0 Å². The number of thioether (sulfide) groups is 1. The number of hydrogen-bond acceptors (Lipinski definition) is 4. The Labute approximate surface area is 129 Å². The van der Waals surface area contributed by atoms with Gasteiger partial charge in [-0.2, -0.15) is 0 Å². The molecule has 0 bridgehead atoms. The van der Waals surface area contributed by atoms with Crippen LogP contribution in [0.1, 0.15) is 37.2 Å². The number of carbonyl (C=O) groups is 2. The van der Waals surface area contributed by atoms with Gasteiger partial charge >= 0.3 is 0 Å². The van der Waals surface area contributed by atoms with E-state index in [-0.39, 0.29) is 17.1 Å². The molecule has 2 aliphatic rings. The van der Waals surface area contributed by atoms with Crippen molar-refractivity contribution in [3.63, 3.8) is 0 Å². The van der Waals surface area contributed by atoms with Crippen LogP contribution in [0.2, 0.25) is 0 Å². The molecule has 5 heteroatoms. The van der Waals surface area contributed by atoms with Gasteiger partial charge in [-0.3, -0.25) is 14.9 Å². The van der Waals surface area contributed by atoms with E-state index >= 15 is 0 Å². The van der Waals surface area contributed by atoms with E-state index in [0.717, 1.165) is 18.0 Å². The number of amides is 2. The van der Waals surface area contributed by atoms with Crippen LogP contribution in [0.3, 0.4) is 0 Å². The Morgan fingerprint density at radius 1 is 1.00 bits per heavy atom. The molecule has 21 heavy (non-hydrogen) atoms. The number of benzene rings is 1. The average molecular weight is 304 g/mol. The van der Waals surface area contributed by atoms with Crippen LogP contribution in [0.15, 0.2) is 29.2 Å². The molecule has 3 rings (SSSR count). The second kappa shape index (κ2) is 6.62. The van der Waals surface area contributed by atoms with Crippen LogP contribution in [0, 0.1) is 0 Å². The summed E-state index contributed by atoms with van der Waals surface area (Å²) in [6.45, 7) is 2.19. The standard InChI is InChI=1S/C16H20N2O2S/c19-15-6-5-14(16(20)18-15)21-13-3-1-11(2-4-13)12-7-9-17-10-8-12/h1-4,12,14,17H,5-10H2,(H,18,19,20). The van der Waals surface area contributed by atoms with E-state index in [4.69, 9.17) is 0 Å². The summed E-state index contributed by atoms with van der Waals surface area (Å²) in [6.07, 6.45) is 3.46. The van der Waals surface area contributed by atoms with Crippen molar-refractivity contribution in [2.75, 3.05) is 13.1 Å². The normalized spacial score (nSPS) is 23.9. The summed E-state index contributed by atoms with van der Waals surface area (Å²) >= 11 is 1.55. The van der Waals surface area contributed by atoms with Gasteiger partial charge in [-0.05, 0) is 56.0 Å². The monoisotopic (exact) mass is 304 g/mol. The van der Waals surface area contributed by atoms with Gasteiger partial charge in [-0.25, -0.2) is 0 Å². The fourth-order valence-electron chi connectivity index (χ4n) is 2.92. The summed E-state index contributed by atoms with van der Waals surface area (Å²) in [5.74, 6) is 0.345. The summed E-state index contributed by atoms with van der Waals surface area (Å²) in [4.78, 5) is 24.0. The molecule has 2 saturated heterocycles. The van der Waals surface area contributed by atoms with Crippen LogP contribution in [-0.4, -0.2) is 30.2 Å². The Hall–Kier alpha value is -1.33. The molecule has 2 amide bonds. The third-order valence-electron chi connectivity index (χ3n) is 4.16. The maximum Gasteiger partial charge on any atom is 0.240 e. The number of nitrogens with one attached hydrogen (secondary N) is 2. The Kier molecular flexibility index (Phi) is 4.60. The van der Waals surface area contributed by atoms with Crippen molar-refractivity contribution in [2.24, 2.45) is 0 Å². The lowest BCUT2D eigenvalue weighted by molar-refractivity contribution is -0.132. The number of hydrogen-bond donors (Lipinski definition) is 2. The van der Waals surface area contributed by atoms with Gasteiger partial charge in [0.15, 0.2) is 0 Å². The number of piperidine rings is 2. The molecule has 0 spiro atoms. The van der Waals surface area contributed by atoms with Gasteiger partial charge in [0, 0.05) is 11.3 Å². The lowest BCUT2D eigenvalue weighted by atomic mass is 9.90. The van der Waals surface area contributed by atoms with Crippen LogP contribution in [0.25, 0.3) is 0 Å². The van der Waals surface area contributed by atoms with Crippen molar-refractivity contribution in [3.05, 3.63) is 29.8 Å². The maximum atomic E-state index is 11.8. The topological polar surface area (TPSA) is 58.2 Å². The Morgan fingerprint density at radius 3 is 2.38 bits per heavy atom. The minimum absolute atomic E-state index is 0.146. The zero-order chi connectivity index (χ0) is 14.7. The van der Waals surface area contributed by atoms with Crippen LogP contribution in [-0.2, 0) is 9.59 Å². The van der Waals surface area contributed by atoms with Crippen molar-refractivity contribution < 1.29 is 9.59 Å². The predicted molar refractivity (Wildman–Crippen MR) is 83.3 cm³/mol. The van der Waals surface area contributed by atoms with Gasteiger partial charge in [-0.1, -0.05) is 12.1 Å². The second-order valence-corrected chi connectivity index (χ2v) is 6.93. The molecule has 0 radical (unpaired) electrons. The SMILES string of the molecule is O=C1CCC(Sc2ccc(C3CCNCC3)cc2)C(=O)N1. The molecule has 1 atom stereocenters. The Morgan fingerprint density at radius 2 is 1.71 bits per heavy atom. The molecule has 2 aliphatic heterocycles. The molecule has 2 N–H and O–H groups in total. The zero-order valence-corrected chi connectivity index (χ0v) is 12.7. The second-order valence-electron chi connectivity index (χ2n) is 5.65. The smallest absolute Gasteiger partial charge is 0.240 e. The van der Waals surface area contributed by atoms with Crippen LogP contribution >= 0.6 is 11.8 Å². The van der Waals surface area contributed by atoms with Crippen LogP contribution in [0.4, 0.5) is 0 Å². The average Bonchev–Trinajstić information content (AvgIpc) is 2.52. The number of carbonyl (C=O) groups excluding carboxylic acids is 2. The predicted octanol–water partition coefficient (Wildman–Crippen LogP) is 2.05. The quantitative estimate of drug-likeness (QED) is 0.839. The first-order valence-electron chi connectivity index (χ1n) is 7.53. The third-order valence-corrected chi connectivity index (χ3v) is 5.44. The Bertz CT molecular complexity index is 524. The molecular weight excluding hydrogens is 284 g/mol. The van der Waals surface area contributed by atoms with Gasteiger partial charge in [0.1, 0.15) is 0 Å². The van der Waals surface area contributed by atoms with Crippen molar-refractivity contribution in [2.45, 2.75) is 41.7 Å². The van der Waals surface area contributed by atoms with E-state index in [1.807, 2.05) is 0 Å². The molecule has 0 aliphatic carbocycles. The van der Waals surface area contributed by atoms with Crippen molar-refractivity contribution in [3.8, 4) is 0 Å². The van der Waals surface area contributed by atoms with Crippen LogP contribution < -0.4 is 10.6 Å². The summed E-state index contributed by atoms with van der Waals surface area (Å²) in [6, 6.07) is 8.58. The molecule has 0 saturated carbocycles. The summed E-state index contributed by atoms with van der Waals surface area (Å²) in [5.41, 5.74) is 1.39. The van der Waals surface area contributed by atoms with Gasteiger partial charge in [0.25, 0.3) is 0 Å². The summed E-state index contributed by atoms with van der Waals surface area (Å²) in [5, 5.41) is 5.64. The first-order valence-corrected chi connectivity index (χ1v) is 8.41. The highest BCUT2D eigenvalue weighted by molar-refractivity contribution is 8.00. The highest BCUT2D eigenvalue weighted by Crippen LogP contribution is 2.31. The lowest BCUT2D eigenvalue weighted by Crippen LogP contribution is -2.42. The van der Waals surface area contributed by atoms with E-state index in [0.29, 0.717) is 18.8 Å². The van der Waals surface area contributed by atoms with Crippen LogP contribution in [0.5, 0.6) is 0 Å². The van der Waals surface area contributed by atoms with E-state index in [1.54, 1.807) is 11.8 Å². The molecule has 2 heterocycles. The third kappa shape index (κ3) is 3.66. The summed E-state index contributed by atoms with van der Waals surface area (Å²) < 4.78 is 0. The lowest BCUT2D eigenvalue weighted by Gasteiger charge is -2.23. The molecule has 1 aromatic carbocycles. The first-order chi connectivity index (χ1) is 10.2.